The molecule has 118 valence electrons. The van der Waals surface area contributed by atoms with Crippen LogP contribution in [0.1, 0.15) is 18.4 Å². The first-order valence-electron chi connectivity index (χ1n) is 7.55. The third kappa shape index (κ3) is 3.49. The summed E-state index contributed by atoms with van der Waals surface area (Å²) in [6, 6.07) is 8.18. The van der Waals surface area contributed by atoms with Gasteiger partial charge in [0.25, 0.3) is 0 Å². The van der Waals surface area contributed by atoms with Crippen LogP contribution < -0.4 is 0 Å². The Morgan fingerprint density at radius 1 is 1.27 bits per heavy atom. The Bertz CT molecular complexity index is 571. The van der Waals surface area contributed by atoms with Crippen LogP contribution in [0.2, 0.25) is 5.02 Å². The molecule has 0 N–H and O–H groups in total. The lowest BCUT2D eigenvalue weighted by atomic mass is 10.0. The first kappa shape index (κ1) is 15.9. The Morgan fingerprint density at radius 2 is 2.05 bits per heavy atom. The molecule has 5 heteroatoms. The summed E-state index contributed by atoms with van der Waals surface area (Å²) in [4.78, 5) is 8.27. The third-order valence-electron chi connectivity index (χ3n) is 4.25. The van der Waals surface area contributed by atoms with Crippen LogP contribution in [0.15, 0.2) is 42.6 Å². The molecule has 2 heterocycles. The fraction of sp³-hybridized carbons (Fsp3) is 0.412. The Labute approximate surface area is 141 Å². The molecule has 0 saturated carbocycles. The van der Waals surface area contributed by atoms with E-state index in [0.29, 0.717) is 12.6 Å². The number of alkyl halides is 1. The molecule has 1 unspecified atom stereocenters. The van der Waals surface area contributed by atoms with Crippen molar-refractivity contribution in [1.29, 1.82) is 0 Å². The molecule has 0 bridgehead atoms. The Hall–Kier alpha value is -1.000. The van der Waals surface area contributed by atoms with Gasteiger partial charge >= 0.3 is 0 Å². The van der Waals surface area contributed by atoms with E-state index in [-0.39, 0.29) is 5.50 Å². The van der Waals surface area contributed by atoms with E-state index in [4.69, 9.17) is 28.0 Å². The highest BCUT2D eigenvalue weighted by Gasteiger charge is 2.26. The molecule has 0 aromatic heterocycles. The van der Waals surface area contributed by atoms with Crippen LogP contribution in [0.5, 0.6) is 0 Å². The molecule has 1 saturated heterocycles. The maximum atomic E-state index is 6.58. The zero-order chi connectivity index (χ0) is 15.5. The summed E-state index contributed by atoms with van der Waals surface area (Å²) in [6.07, 6.45) is 8.27. The zero-order valence-corrected chi connectivity index (χ0v) is 14.1. The second kappa shape index (κ2) is 7.05. The monoisotopic (exact) mass is 338 g/mol. The van der Waals surface area contributed by atoms with Crippen molar-refractivity contribution < 1.29 is 4.84 Å². The maximum Gasteiger partial charge on any atom is 0.155 e. The van der Waals surface area contributed by atoms with Crippen molar-refractivity contribution in [3.05, 3.63) is 53.2 Å². The topological polar surface area (TPSA) is 15.7 Å². The van der Waals surface area contributed by atoms with Gasteiger partial charge in [-0.2, -0.15) is 0 Å². The van der Waals surface area contributed by atoms with E-state index in [1.807, 2.05) is 42.6 Å². The van der Waals surface area contributed by atoms with Crippen molar-refractivity contribution in [3.8, 4) is 0 Å². The number of nitrogens with zero attached hydrogens (tertiary/aromatic N) is 2. The second-order valence-electron chi connectivity index (χ2n) is 5.74. The summed E-state index contributed by atoms with van der Waals surface area (Å²) in [7, 11) is 2.14. The summed E-state index contributed by atoms with van der Waals surface area (Å²) in [5.74, 6) is 0. The molecule has 0 aliphatic carbocycles. The maximum absolute atomic E-state index is 6.58. The fourth-order valence-electron chi connectivity index (χ4n) is 2.87. The van der Waals surface area contributed by atoms with Crippen LogP contribution in [0, 0.1) is 0 Å². The van der Waals surface area contributed by atoms with Gasteiger partial charge in [-0.05, 0) is 55.8 Å². The minimum Gasteiger partial charge on any atom is -0.301 e. The molecule has 0 spiro atoms. The predicted molar refractivity (Wildman–Crippen MR) is 91.7 cm³/mol. The van der Waals surface area contributed by atoms with Gasteiger partial charge in [-0.25, -0.2) is 5.06 Å². The average molecular weight is 339 g/mol. The molecule has 1 fully saturated rings. The lowest BCUT2D eigenvalue weighted by Gasteiger charge is -2.31. The number of hydrogen-bond acceptors (Lipinski definition) is 3. The van der Waals surface area contributed by atoms with Gasteiger partial charge in [0, 0.05) is 17.3 Å². The molecule has 1 aromatic carbocycles. The molecular weight excluding hydrogens is 319 g/mol. The summed E-state index contributed by atoms with van der Waals surface area (Å²) >= 11 is 12.5. The van der Waals surface area contributed by atoms with E-state index < -0.39 is 0 Å². The molecule has 2 atom stereocenters. The van der Waals surface area contributed by atoms with Crippen molar-refractivity contribution >= 4 is 28.8 Å². The highest BCUT2D eigenvalue weighted by molar-refractivity contribution is 6.30. The van der Waals surface area contributed by atoms with Crippen molar-refractivity contribution in [2.24, 2.45) is 0 Å². The molecule has 0 radical (unpaired) electrons. The van der Waals surface area contributed by atoms with E-state index in [1.54, 1.807) is 5.06 Å². The van der Waals surface area contributed by atoms with Crippen LogP contribution in [0.4, 0.5) is 0 Å². The second-order valence-corrected chi connectivity index (χ2v) is 6.59. The van der Waals surface area contributed by atoms with Crippen molar-refractivity contribution in [3.63, 3.8) is 0 Å². The van der Waals surface area contributed by atoms with Crippen LogP contribution in [0.3, 0.4) is 0 Å². The van der Waals surface area contributed by atoms with Gasteiger partial charge in [-0.3, -0.25) is 4.84 Å². The molecular formula is C17H20Cl2N2O. The van der Waals surface area contributed by atoms with Gasteiger partial charge < -0.3 is 4.90 Å². The Balaban J connectivity index is 1.64. The summed E-state index contributed by atoms with van der Waals surface area (Å²) < 4.78 is 0. The zero-order valence-electron chi connectivity index (χ0n) is 12.6. The van der Waals surface area contributed by atoms with Gasteiger partial charge in [0.05, 0.1) is 6.61 Å². The highest BCUT2D eigenvalue weighted by Crippen LogP contribution is 2.30. The minimum atomic E-state index is -0.335. The van der Waals surface area contributed by atoms with Crippen LogP contribution in [-0.2, 0) is 4.84 Å². The molecule has 1 aromatic rings. The highest BCUT2D eigenvalue weighted by atomic mass is 35.5. The number of halogens is 2. The molecule has 3 rings (SSSR count). The van der Waals surface area contributed by atoms with Crippen molar-refractivity contribution in [1.82, 2.24) is 9.96 Å². The van der Waals surface area contributed by atoms with Gasteiger partial charge in [0.1, 0.15) is 0 Å². The van der Waals surface area contributed by atoms with Crippen LogP contribution >= 0.6 is 23.2 Å². The summed E-state index contributed by atoms with van der Waals surface area (Å²) in [5, 5.41) is 2.46. The number of rotatable bonds is 4. The summed E-state index contributed by atoms with van der Waals surface area (Å²) in [6.45, 7) is 1.81. The lowest BCUT2D eigenvalue weighted by molar-refractivity contribution is -0.133. The Morgan fingerprint density at radius 3 is 2.73 bits per heavy atom. The first-order chi connectivity index (χ1) is 10.6. The first-order valence-corrected chi connectivity index (χ1v) is 8.36. The number of hydrogen-bond donors (Lipinski definition) is 0. The third-order valence-corrected chi connectivity index (χ3v) is 4.93. The SMILES string of the molecule is CN1CCC[C@H]1CON1C=CC=C(c2ccc(Cl)cc2)C1Cl. The summed E-state index contributed by atoms with van der Waals surface area (Å²) in [5.41, 5.74) is 1.74. The number of likely N-dealkylation sites (N-methyl/N-ethyl adjacent to an activating group) is 1. The largest absolute Gasteiger partial charge is 0.301 e. The lowest BCUT2D eigenvalue weighted by Crippen LogP contribution is -2.36. The van der Waals surface area contributed by atoms with Crippen LogP contribution in [0.25, 0.3) is 5.57 Å². The van der Waals surface area contributed by atoms with Crippen molar-refractivity contribution in [2.75, 3.05) is 20.2 Å². The number of allylic oxidation sites excluding steroid dienone is 2. The minimum absolute atomic E-state index is 0.335. The standard InChI is InChI=1S/C17H20Cl2N2O/c1-20-10-2-4-15(20)12-22-21-11-3-5-16(17(21)19)13-6-8-14(18)9-7-13/h3,5-9,11,15,17H,2,4,10,12H2,1H3/t15-,17?/m0/s1. The van der Waals surface area contributed by atoms with Gasteiger partial charge in [-0.15, -0.1) is 0 Å². The predicted octanol–water partition coefficient (Wildman–Crippen LogP) is 4.14. The van der Waals surface area contributed by atoms with Gasteiger partial charge in [-0.1, -0.05) is 41.4 Å². The van der Waals surface area contributed by atoms with E-state index >= 15 is 0 Å². The normalized spacial score (nSPS) is 25.6. The van der Waals surface area contributed by atoms with E-state index in [1.165, 1.54) is 12.8 Å². The van der Waals surface area contributed by atoms with E-state index in [0.717, 1.165) is 22.7 Å². The molecule has 22 heavy (non-hydrogen) atoms. The Kier molecular flexibility index (Phi) is 5.09. The van der Waals surface area contributed by atoms with E-state index in [2.05, 4.69) is 11.9 Å². The van der Waals surface area contributed by atoms with Gasteiger partial charge in [0.15, 0.2) is 5.50 Å². The van der Waals surface area contributed by atoms with Crippen LogP contribution in [-0.4, -0.2) is 41.7 Å². The smallest absolute Gasteiger partial charge is 0.155 e. The molecule has 0 amide bonds. The number of benzene rings is 1. The van der Waals surface area contributed by atoms with E-state index in [9.17, 15) is 0 Å². The number of hydroxylamine groups is 2. The molecule has 2 aliphatic rings. The van der Waals surface area contributed by atoms with Gasteiger partial charge in [0.2, 0.25) is 0 Å². The molecule has 3 nitrogen and oxygen atoms in total. The molecule has 2 aliphatic heterocycles. The average Bonchev–Trinajstić information content (AvgIpc) is 2.93. The number of likely N-dealkylation sites (tertiary alicyclic amines) is 1. The fourth-order valence-corrected chi connectivity index (χ4v) is 3.32. The quantitative estimate of drug-likeness (QED) is 0.606. The van der Waals surface area contributed by atoms with Crippen molar-refractivity contribution in [2.45, 2.75) is 24.4 Å².